The van der Waals surface area contributed by atoms with Crippen molar-refractivity contribution in [3.63, 3.8) is 0 Å². The largest absolute Gasteiger partial charge is 0.355 e. The smallest absolute Gasteiger partial charge is 0.246 e. The molecule has 1 N–H and O–H groups in total. The van der Waals surface area contributed by atoms with Crippen LogP contribution < -0.4 is 5.32 Å². The maximum absolute atomic E-state index is 10.3. The van der Waals surface area contributed by atoms with Gasteiger partial charge in [-0.3, -0.25) is 4.79 Å². The van der Waals surface area contributed by atoms with Crippen molar-refractivity contribution in [2.24, 2.45) is 0 Å². The SMILES string of the molecule is C=C(C)C(=O)NC.Cl. The summed E-state index contributed by atoms with van der Waals surface area (Å²) in [5, 5.41) is 2.43. The molecule has 8 heavy (non-hydrogen) atoms. The fourth-order valence-electron chi connectivity index (χ4n) is 0.213. The molecule has 3 heteroatoms. The minimum Gasteiger partial charge on any atom is -0.355 e. The molecule has 0 aliphatic heterocycles. The van der Waals surface area contributed by atoms with Crippen LogP contribution in [0.3, 0.4) is 0 Å². The lowest BCUT2D eigenvalue weighted by Crippen LogP contribution is -2.17. The third-order valence-electron chi connectivity index (χ3n) is 0.615. The van der Waals surface area contributed by atoms with Crippen molar-refractivity contribution in [3.8, 4) is 0 Å². The predicted octanol–water partition coefficient (Wildman–Crippen LogP) is 0.730. The molecule has 0 unspecified atom stereocenters. The first-order valence-electron chi connectivity index (χ1n) is 2.06. The summed E-state index contributed by atoms with van der Waals surface area (Å²) < 4.78 is 0. The van der Waals surface area contributed by atoms with Gasteiger partial charge in [-0.2, -0.15) is 0 Å². The molecule has 0 atom stereocenters. The fourth-order valence-corrected chi connectivity index (χ4v) is 0.213. The molecule has 0 bridgehead atoms. The number of amides is 1. The highest BCUT2D eigenvalue weighted by atomic mass is 35.5. The first-order valence-corrected chi connectivity index (χ1v) is 2.06. The second kappa shape index (κ2) is 4.65. The number of carbonyl (C=O) groups excluding carboxylic acids is 1. The van der Waals surface area contributed by atoms with E-state index < -0.39 is 0 Å². The van der Waals surface area contributed by atoms with E-state index in [1.165, 1.54) is 0 Å². The number of hydrogen-bond donors (Lipinski definition) is 1. The first-order chi connectivity index (χ1) is 3.18. The van der Waals surface area contributed by atoms with E-state index in [9.17, 15) is 4.79 Å². The topological polar surface area (TPSA) is 29.1 Å². The quantitative estimate of drug-likeness (QED) is 0.528. The van der Waals surface area contributed by atoms with Gasteiger partial charge in [-0.15, -0.1) is 12.4 Å². The number of hydrogen-bond acceptors (Lipinski definition) is 1. The third-order valence-corrected chi connectivity index (χ3v) is 0.615. The van der Waals surface area contributed by atoms with Crippen LogP contribution in [0.5, 0.6) is 0 Å². The molecular formula is C5H10ClNO. The Balaban J connectivity index is 0. The lowest BCUT2D eigenvalue weighted by molar-refractivity contribution is -0.116. The monoisotopic (exact) mass is 135 g/mol. The van der Waals surface area contributed by atoms with Gasteiger partial charge in [-0.25, -0.2) is 0 Å². The Hall–Kier alpha value is -0.500. The summed E-state index contributed by atoms with van der Waals surface area (Å²) >= 11 is 0. The van der Waals surface area contributed by atoms with Gasteiger partial charge in [0, 0.05) is 12.6 Å². The van der Waals surface area contributed by atoms with E-state index in [4.69, 9.17) is 0 Å². The standard InChI is InChI=1S/C5H9NO.ClH/c1-4(2)5(7)6-3;/h1H2,2-3H3,(H,6,7);1H. The van der Waals surface area contributed by atoms with Crippen LogP contribution in [0.2, 0.25) is 0 Å². The van der Waals surface area contributed by atoms with Crippen molar-refractivity contribution in [2.45, 2.75) is 6.92 Å². The van der Waals surface area contributed by atoms with Crippen molar-refractivity contribution in [2.75, 3.05) is 7.05 Å². The summed E-state index contributed by atoms with van der Waals surface area (Å²) in [4.78, 5) is 10.3. The summed E-state index contributed by atoms with van der Waals surface area (Å²) in [6.45, 7) is 5.08. The van der Waals surface area contributed by atoms with Gasteiger partial charge >= 0.3 is 0 Å². The Bertz CT molecular complexity index is 101. The van der Waals surface area contributed by atoms with Crippen molar-refractivity contribution in [1.29, 1.82) is 0 Å². The Morgan fingerprint density at radius 3 is 2.00 bits per heavy atom. The third kappa shape index (κ3) is 3.68. The molecule has 0 aromatic heterocycles. The zero-order chi connectivity index (χ0) is 5.86. The van der Waals surface area contributed by atoms with Crippen LogP contribution in [-0.4, -0.2) is 13.0 Å². The number of carbonyl (C=O) groups is 1. The van der Waals surface area contributed by atoms with Gasteiger partial charge in [0.2, 0.25) is 5.91 Å². The molecule has 0 rings (SSSR count). The Morgan fingerprint density at radius 1 is 1.62 bits per heavy atom. The highest BCUT2D eigenvalue weighted by Gasteiger charge is 1.92. The number of rotatable bonds is 1. The van der Waals surface area contributed by atoms with E-state index in [-0.39, 0.29) is 18.3 Å². The molecule has 0 fully saturated rings. The van der Waals surface area contributed by atoms with Crippen LogP contribution in [0.1, 0.15) is 6.92 Å². The lowest BCUT2D eigenvalue weighted by Gasteiger charge is -1.91. The second-order valence-electron chi connectivity index (χ2n) is 1.36. The molecule has 0 aliphatic rings. The summed E-state index contributed by atoms with van der Waals surface area (Å²) in [5.74, 6) is -0.0972. The van der Waals surface area contributed by atoms with E-state index in [1.807, 2.05) is 0 Å². The van der Waals surface area contributed by atoms with Crippen LogP contribution >= 0.6 is 12.4 Å². The summed E-state index contributed by atoms with van der Waals surface area (Å²) in [6.07, 6.45) is 0. The van der Waals surface area contributed by atoms with Gasteiger partial charge in [0.15, 0.2) is 0 Å². The molecule has 0 saturated carbocycles. The van der Waals surface area contributed by atoms with Crippen molar-refractivity contribution < 1.29 is 4.79 Å². The number of likely N-dealkylation sites (N-methyl/N-ethyl adjacent to an activating group) is 1. The summed E-state index contributed by atoms with van der Waals surface area (Å²) in [5.41, 5.74) is 0.544. The average molecular weight is 136 g/mol. The van der Waals surface area contributed by atoms with Crippen LogP contribution in [0, 0.1) is 0 Å². The maximum atomic E-state index is 10.3. The highest BCUT2D eigenvalue weighted by molar-refractivity contribution is 5.91. The Labute approximate surface area is 55.4 Å². The normalized spacial score (nSPS) is 6.75. The minimum atomic E-state index is -0.0972. The zero-order valence-corrected chi connectivity index (χ0v) is 5.84. The van der Waals surface area contributed by atoms with Crippen molar-refractivity contribution in [1.82, 2.24) is 5.32 Å². The van der Waals surface area contributed by atoms with Crippen molar-refractivity contribution >= 4 is 18.3 Å². The maximum Gasteiger partial charge on any atom is 0.246 e. The minimum absolute atomic E-state index is 0. The molecule has 0 aromatic carbocycles. The van der Waals surface area contributed by atoms with Crippen LogP contribution in [-0.2, 0) is 4.79 Å². The highest BCUT2D eigenvalue weighted by Crippen LogP contribution is 1.81. The summed E-state index contributed by atoms with van der Waals surface area (Å²) in [6, 6.07) is 0. The molecule has 0 spiro atoms. The van der Waals surface area contributed by atoms with E-state index in [0.717, 1.165) is 0 Å². The molecule has 0 radical (unpaired) electrons. The lowest BCUT2D eigenvalue weighted by atomic mass is 10.3. The molecule has 1 amide bonds. The molecule has 0 aliphatic carbocycles. The molecule has 2 nitrogen and oxygen atoms in total. The average Bonchev–Trinajstić information content (AvgIpc) is 1.65. The molecule has 0 saturated heterocycles. The van der Waals surface area contributed by atoms with Gasteiger partial charge < -0.3 is 5.32 Å². The summed E-state index contributed by atoms with van der Waals surface area (Å²) in [7, 11) is 1.58. The number of nitrogens with one attached hydrogen (secondary N) is 1. The van der Waals surface area contributed by atoms with Gasteiger partial charge in [0.05, 0.1) is 0 Å². The Morgan fingerprint density at radius 2 is 2.00 bits per heavy atom. The van der Waals surface area contributed by atoms with Gasteiger partial charge in [0.1, 0.15) is 0 Å². The molecule has 48 valence electrons. The zero-order valence-electron chi connectivity index (χ0n) is 5.02. The van der Waals surface area contributed by atoms with Crippen LogP contribution in [0.25, 0.3) is 0 Å². The first kappa shape index (κ1) is 10.5. The predicted molar refractivity (Wildman–Crippen MR) is 36.1 cm³/mol. The van der Waals surface area contributed by atoms with Crippen LogP contribution in [0.4, 0.5) is 0 Å². The van der Waals surface area contributed by atoms with E-state index in [2.05, 4.69) is 11.9 Å². The van der Waals surface area contributed by atoms with Gasteiger partial charge in [-0.1, -0.05) is 6.58 Å². The Kier molecular flexibility index (Phi) is 6.09. The van der Waals surface area contributed by atoms with E-state index >= 15 is 0 Å². The van der Waals surface area contributed by atoms with Crippen molar-refractivity contribution in [3.05, 3.63) is 12.2 Å². The van der Waals surface area contributed by atoms with E-state index in [0.29, 0.717) is 5.57 Å². The molecule has 0 aromatic rings. The fraction of sp³-hybridized carbons (Fsp3) is 0.400. The molecule has 0 heterocycles. The van der Waals surface area contributed by atoms with Gasteiger partial charge in [-0.05, 0) is 6.92 Å². The molecular weight excluding hydrogens is 126 g/mol. The van der Waals surface area contributed by atoms with E-state index in [1.54, 1.807) is 14.0 Å². The van der Waals surface area contributed by atoms with Crippen LogP contribution in [0.15, 0.2) is 12.2 Å². The number of halogens is 1. The van der Waals surface area contributed by atoms with Gasteiger partial charge in [0.25, 0.3) is 0 Å². The second-order valence-corrected chi connectivity index (χ2v) is 1.36.